The first-order chi connectivity index (χ1) is 11.5. The molecule has 2 aliphatic heterocycles. The molecule has 0 saturated carbocycles. The van der Waals surface area contributed by atoms with Gasteiger partial charge in [0.05, 0.1) is 56.7 Å². The monoisotopic (exact) mass is 422 g/mol. The minimum Gasteiger partial charge on any atom is -1.00 e. The van der Waals surface area contributed by atoms with Crippen molar-refractivity contribution in [3.63, 3.8) is 0 Å². The molecule has 0 unspecified atom stereocenters. The average Bonchev–Trinajstić information content (AvgIpc) is 2.61. The number of ketones is 1. The summed E-state index contributed by atoms with van der Waals surface area (Å²) < 4.78 is 23.1. The second-order valence-corrected chi connectivity index (χ2v) is 9.43. The molecular weight excluding hydrogens is 395 g/mol. The number of sulfone groups is 1. The van der Waals surface area contributed by atoms with Gasteiger partial charge in [0, 0.05) is 18.4 Å². The molecule has 0 atom stereocenters. The fraction of sp³-hybridized carbons (Fsp3) is 0.611. The van der Waals surface area contributed by atoms with Crippen molar-refractivity contribution in [3.05, 3.63) is 35.9 Å². The first-order valence-electron chi connectivity index (χ1n) is 9.00. The van der Waals surface area contributed by atoms with Crippen LogP contribution in [0.1, 0.15) is 29.6 Å². The van der Waals surface area contributed by atoms with Crippen LogP contribution in [0.2, 0.25) is 0 Å². The zero-order valence-corrected chi connectivity index (χ0v) is 17.3. The van der Waals surface area contributed by atoms with Crippen LogP contribution in [0.4, 0.5) is 0 Å². The molecule has 148 valence electrons. The maximum Gasteiger partial charge on any atom is 0.168 e. The van der Waals surface area contributed by atoms with Crippen molar-refractivity contribution in [2.45, 2.75) is 25.3 Å². The summed E-state index contributed by atoms with van der Waals surface area (Å²) in [7, 11) is -2.77. The molecule has 0 radical (unpaired) electrons. The number of rotatable bonds is 5. The zero-order chi connectivity index (χ0) is 17.0. The van der Waals surface area contributed by atoms with Crippen LogP contribution < -0.4 is 34.6 Å². The van der Waals surface area contributed by atoms with E-state index in [1.165, 1.54) is 9.80 Å². The molecule has 3 rings (SSSR count). The molecule has 1 aromatic carbocycles. The van der Waals surface area contributed by atoms with E-state index >= 15 is 0 Å². The Morgan fingerprint density at radius 1 is 0.962 bits per heavy atom. The highest BCUT2D eigenvalue weighted by Gasteiger charge is 2.34. The van der Waals surface area contributed by atoms with Gasteiger partial charge in [-0.05, 0) is 0 Å². The second kappa shape index (κ2) is 10.6. The van der Waals surface area contributed by atoms with E-state index in [1.807, 2.05) is 30.3 Å². The minimum absolute atomic E-state index is 0. The van der Waals surface area contributed by atoms with Gasteiger partial charge < -0.3 is 34.6 Å². The van der Waals surface area contributed by atoms with Crippen LogP contribution in [-0.2, 0) is 9.84 Å². The molecule has 2 aliphatic rings. The summed E-state index contributed by atoms with van der Waals surface area (Å²) >= 11 is 0. The molecule has 5 nitrogen and oxygen atoms in total. The van der Waals surface area contributed by atoms with Gasteiger partial charge in [-0.15, -0.1) is 0 Å². The van der Waals surface area contributed by atoms with Crippen LogP contribution in [-0.4, -0.2) is 64.5 Å². The van der Waals surface area contributed by atoms with Crippen LogP contribution in [0, 0.1) is 0 Å². The highest BCUT2D eigenvalue weighted by molar-refractivity contribution is 7.91. The lowest BCUT2D eigenvalue weighted by atomic mass is 10.0. The Morgan fingerprint density at radius 2 is 1.54 bits per heavy atom. The molecule has 26 heavy (non-hydrogen) atoms. The van der Waals surface area contributed by atoms with E-state index in [9.17, 15) is 13.2 Å². The molecule has 2 N–H and O–H groups in total. The number of likely N-dealkylation sites (tertiary alicyclic amines) is 1. The number of nitrogens with one attached hydrogen (secondary N) is 2. The van der Waals surface area contributed by atoms with Crippen LogP contribution in [0.15, 0.2) is 30.3 Å². The van der Waals surface area contributed by atoms with Gasteiger partial charge in [0.15, 0.2) is 15.6 Å². The molecular formula is C18H28Cl2N2O3S. The summed E-state index contributed by atoms with van der Waals surface area (Å²) in [6.45, 7) is 4.65. The highest BCUT2D eigenvalue weighted by atomic mass is 35.5. The van der Waals surface area contributed by atoms with E-state index < -0.39 is 9.84 Å². The van der Waals surface area contributed by atoms with Crippen LogP contribution >= 0.6 is 0 Å². The lowest BCUT2D eigenvalue weighted by Crippen LogP contribution is -3.21. The predicted molar refractivity (Wildman–Crippen MR) is 93.3 cm³/mol. The van der Waals surface area contributed by atoms with Gasteiger partial charge in [-0.2, -0.15) is 0 Å². The Bertz CT molecular complexity index is 648. The third-order valence-corrected chi connectivity index (χ3v) is 7.19. The molecule has 0 bridgehead atoms. The Hall–Kier alpha value is -0.660. The number of carbonyl (C=O) groups excluding carboxylic acids is 1. The Labute approximate surface area is 168 Å². The number of carbonyl (C=O) groups is 1. The zero-order valence-electron chi connectivity index (χ0n) is 14.9. The minimum atomic E-state index is -2.77. The first-order valence-corrected chi connectivity index (χ1v) is 10.8. The smallest absolute Gasteiger partial charge is 0.168 e. The quantitative estimate of drug-likeness (QED) is 0.463. The largest absolute Gasteiger partial charge is 1.00 e. The summed E-state index contributed by atoms with van der Waals surface area (Å²) in [6.07, 6.45) is 2.90. The number of hydrogen-bond donors (Lipinski definition) is 2. The number of Topliss-reactive ketones (excluding diaryl/α,β-unsaturated/α-hetero) is 1. The lowest BCUT2D eigenvalue weighted by molar-refractivity contribution is -0.955. The van der Waals surface area contributed by atoms with E-state index in [2.05, 4.69) is 0 Å². The maximum absolute atomic E-state index is 12.2. The summed E-state index contributed by atoms with van der Waals surface area (Å²) in [6, 6.07) is 10.1. The summed E-state index contributed by atoms with van der Waals surface area (Å²) in [5, 5.41) is 0. The average molecular weight is 423 g/mol. The summed E-state index contributed by atoms with van der Waals surface area (Å²) in [5.41, 5.74) is 0.811. The van der Waals surface area contributed by atoms with Gasteiger partial charge in [-0.1, -0.05) is 30.3 Å². The van der Waals surface area contributed by atoms with Gasteiger partial charge in [0.25, 0.3) is 0 Å². The number of piperidine rings is 1. The molecule has 2 fully saturated rings. The van der Waals surface area contributed by atoms with Gasteiger partial charge in [0.2, 0.25) is 0 Å². The molecule has 8 heteroatoms. The fourth-order valence-electron chi connectivity index (χ4n) is 3.95. The normalized spacial score (nSPS) is 25.5. The van der Waals surface area contributed by atoms with Crippen molar-refractivity contribution in [2.24, 2.45) is 0 Å². The van der Waals surface area contributed by atoms with E-state index in [-0.39, 0.29) is 30.6 Å². The van der Waals surface area contributed by atoms with Gasteiger partial charge in [-0.3, -0.25) is 4.79 Å². The second-order valence-electron chi connectivity index (χ2n) is 7.12. The lowest BCUT2D eigenvalue weighted by Gasteiger charge is -2.35. The summed E-state index contributed by atoms with van der Waals surface area (Å²) in [4.78, 5) is 15.2. The molecule has 1 aromatic rings. The number of benzene rings is 1. The number of hydrogen-bond acceptors (Lipinski definition) is 3. The van der Waals surface area contributed by atoms with Crippen molar-refractivity contribution in [1.82, 2.24) is 0 Å². The van der Waals surface area contributed by atoms with Crippen molar-refractivity contribution in [3.8, 4) is 0 Å². The Balaban J connectivity index is 0.00000169. The maximum atomic E-state index is 12.2. The third-order valence-electron chi connectivity index (χ3n) is 5.54. The van der Waals surface area contributed by atoms with Crippen molar-refractivity contribution < 1.29 is 47.8 Å². The van der Waals surface area contributed by atoms with E-state index in [0.717, 1.165) is 51.1 Å². The summed E-state index contributed by atoms with van der Waals surface area (Å²) in [5.74, 6) is 0.930. The van der Waals surface area contributed by atoms with Gasteiger partial charge in [-0.25, -0.2) is 8.42 Å². The third kappa shape index (κ3) is 6.50. The number of quaternary nitrogens is 2. The molecule has 0 spiro atoms. The predicted octanol–water partition coefficient (Wildman–Crippen LogP) is -7.37. The highest BCUT2D eigenvalue weighted by Crippen LogP contribution is 2.03. The van der Waals surface area contributed by atoms with Crippen LogP contribution in [0.25, 0.3) is 0 Å². The molecule has 2 heterocycles. The molecule has 2 saturated heterocycles. The molecule has 0 aromatic heterocycles. The van der Waals surface area contributed by atoms with Crippen LogP contribution in [0.3, 0.4) is 0 Å². The van der Waals surface area contributed by atoms with E-state index in [0.29, 0.717) is 24.0 Å². The van der Waals surface area contributed by atoms with Crippen molar-refractivity contribution >= 4 is 15.6 Å². The Morgan fingerprint density at radius 3 is 2.12 bits per heavy atom. The number of halogens is 2. The van der Waals surface area contributed by atoms with E-state index in [1.54, 1.807) is 0 Å². The van der Waals surface area contributed by atoms with Crippen LogP contribution in [0.5, 0.6) is 0 Å². The van der Waals surface area contributed by atoms with Gasteiger partial charge >= 0.3 is 0 Å². The Kier molecular flexibility index (Phi) is 9.55. The van der Waals surface area contributed by atoms with Crippen molar-refractivity contribution in [1.29, 1.82) is 0 Å². The first kappa shape index (κ1) is 23.4. The topological polar surface area (TPSA) is 60.1 Å². The fourth-order valence-corrected chi connectivity index (χ4v) is 5.30. The molecule has 0 amide bonds. The SMILES string of the molecule is O=C(CC[NH+]1CCC([NH+]2CCS(=O)(=O)CC2)CC1)c1ccccc1.[Cl-].[Cl-]. The van der Waals surface area contributed by atoms with Gasteiger partial charge in [0.1, 0.15) is 0 Å². The standard InChI is InChI=1S/C18H26N2O3S.2ClH/c21-18(16-4-2-1-3-5-16)8-11-19-9-6-17(7-10-19)20-12-14-24(22,23)15-13-20;;/h1-5,17H,6-15H2;2*1H. The van der Waals surface area contributed by atoms with E-state index in [4.69, 9.17) is 0 Å². The van der Waals surface area contributed by atoms with Crippen molar-refractivity contribution in [2.75, 3.05) is 44.2 Å². The molecule has 0 aliphatic carbocycles.